The molecule has 1 aromatic rings. The molecular weight excluding hydrogens is 225 g/mol. The number of carbonyl (C=O) groups is 2. The first kappa shape index (κ1) is 11.6. The molecule has 1 atom stereocenters. The van der Waals surface area contributed by atoms with Gasteiger partial charge in [-0.15, -0.1) is 0 Å². The first-order valence-electron chi connectivity index (χ1n) is 5.36. The molecular formula is C12H12FNO3. The standard InChI is InChI=1S/C12H12FNO3/c13-10-3-1-8(2-4-10)9-5-6-14(12(16)17)11(15)7-9/h1-4,9H,5-7H2,(H,16,17). The SMILES string of the molecule is O=C(O)N1CCC(c2ccc(F)cc2)CC1=O. The van der Waals surface area contributed by atoms with Crippen LogP contribution in [0, 0.1) is 5.82 Å². The van der Waals surface area contributed by atoms with E-state index >= 15 is 0 Å². The van der Waals surface area contributed by atoms with Crippen molar-refractivity contribution < 1.29 is 19.1 Å². The number of imide groups is 1. The lowest BCUT2D eigenvalue weighted by molar-refractivity contribution is -0.131. The Morgan fingerprint density at radius 1 is 1.35 bits per heavy atom. The highest BCUT2D eigenvalue weighted by Crippen LogP contribution is 2.28. The van der Waals surface area contributed by atoms with Gasteiger partial charge in [-0.1, -0.05) is 12.1 Å². The van der Waals surface area contributed by atoms with Crippen LogP contribution >= 0.6 is 0 Å². The van der Waals surface area contributed by atoms with Crippen LogP contribution in [0.5, 0.6) is 0 Å². The van der Waals surface area contributed by atoms with Crippen molar-refractivity contribution in [2.24, 2.45) is 0 Å². The van der Waals surface area contributed by atoms with Gasteiger partial charge in [0, 0.05) is 13.0 Å². The maximum atomic E-state index is 12.7. The molecule has 4 nitrogen and oxygen atoms in total. The second-order valence-electron chi connectivity index (χ2n) is 4.07. The van der Waals surface area contributed by atoms with Gasteiger partial charge >= 0.3 is 6.09 Å². The molecule has 2 amide bonds. The van der Waals surface area contributed by atoms with Gasteiger partial charge in [0.15, 0.2) is 0 Å². The fraction of sp³-hybridized carbons (Fsp3) is 0.333. The molecule has 17 heavy (non-hydrogen) atoms. The maximum Gasteiger partial charge on any atom is 0.414 e. The molecule has 1 N–H and O–H groups in total. The normalized spacial score (nSPS) is 20.4. The van der Waals surface area contributed by atoms with Gasteiger partial charge in [0.05, 0.1) is 0 Å². The highest BCUT2D eigenvalue weighted by molar-refractivity contribution is 5.92. The minimum absolute atomic E-state index is 0.0151. The summed E-state index contributed by atoms with van der Waals surface area (Å²) in [5.41, 5.74) is 0.879. The summed E-state index contributed by atoms with van der Waals surface area (Å²) in [6.45, 7) is 0.205. The van der Waals surface area contributed by atoms with Crippen molar-refractivity contribution >= 4 is 12.0 Å². The molecule has 0 bridgehead atoms. The molecule has 1 aliphatic rings. The first-order valence-corrected chi connectivity index (χ1v) is 5.36. The Hall–Kier alpha value is -1.91. The Kier molecular flexibility index (Phi) is 3.08. The summed E-state index contributed by atoms with van der Waals surface area (Å²) in [6.07, 6.45) is -0.450. The molecule has 0 aromatic heterocycles. The van der Waals surface area contributed by atoms with Gasteiger partial charge in [0.1, 0.15) is 5.82 Å². The van der Waals surface area contributed by atoms with Crippen molar-refractivity contribution in [3.8, 4) is 0 Å². The minimum Gasteiger partial charge on any atom is -0.465 e. The number of nitrogens with zero attached hydrogens (tertiary/aromatic N) is 1. The van der Waals surface area contributed by atoms with E-state index in [1.165, 1.54) is 12.1 Å². The van der Waals surface area contributed by atoms with Crippen molar-refractivity contribution in [3.63, 3.8) is 0 Å². The number of carbonyl (C=O) groups excluding carboxylic acids is 1. The highest BCUT2D eigenvalue weighted by atomic mass is 19.1. The predicted octanol–water partition coefficient (Wildman–Crippen LogP) is 2.21. The molecule has 1 unspecified atom stereocenters. The third-order valence-electron chi connectivity index (χ3n) is 3.00. The Labute approximate surface area is 97.7 Å². The fourth-order valence-electron chi connectivity index (χ4n) is 2.05. The van der Waals surface area contributed by atoms with Gasteiger partial charge in [-0.3, -0.25) is 4.79 Å². The predicted molar refractivity (Wildman–Crippen MR) is 58.1 cm³/mol. The number of likely N-dealkylation sites (tertiary alicyclic amines) is 1. The number of halogens is 1. The Morgan fingerprint density at radius 2 is 2.00 bits per heavy atom. The van der Waals surface area contributed by atoms with Crippen LogP contribution in [0.15, 0.2) is 24.3 Å². The fourth-order valence-corrected chi connectivity index (χ4v) is 2.05. The van der Waals surface area contributed by atoms with Crippen molar-refractivity contribution in [1.82, 2.24) is 4.90 Å². The molecule has 1 heterocycles. The molecule has 2 rings (SSSR count). The zero-order valence-corrected chi connectivity index (χ0v) is 9.10. The number of carboxylic acid groups (broad SMARTS) is 1. The van der Waals surface area contributed by atoms with Gasteiger partial charge < -0.3 is 5.11 Å². The third kappa shape index (κ3) is 2.43. The summed E-state index contributed by atoms with van der Waals surface area (Å²) in [4.78, 5) is 23.1. The van der Waals surface area contributed by atoms with E-state index in [1.54, 1.807) is 12.1 Å². The molecule has 0 saturated carbocycles. The van der Waals surface area contributed by atoms with Crippen LogP contribution in [-0.2, 0) is 4.79 Å². The molecule has 1 saturated heterocycles. The van der Waals surface area contributed by atoms with E-state index in [2.05, 4.69) is 0 Å². The van der Waals surface area contributed by atoms with Crippen molar-refractivity contribution in [2.75, 3.05) is 6.54 Å². The van der Waals surface area contributed by atoms with E-state index in [0.29, 0.717) is 6.42 Å². The van der Waals surface area contributed by atoms with Crippen molar-refractivity contribution in [3.05, 3.63) is 35.6 Å². The van der Waals surface area contributed by atoms with Gasteiger partial charge in [0.2, 0.25) is 5.91 Å². The van der Waals surface area contributed by atoms with Crippen LogP contribution in [0.3, 0.4) is 0 Å². The quantitative estimate of drug-likeness (QED) is 0.814. The number of amides is 2. The summed E-state index contributed by atoms with van der Waals surface area (Å²) in [6, 6.07) is 5.99. The lowest BCUT2D eigenvalue weighted by Gasteiger charge is -2.28. The molecule has 0 aliphatic carbocycles. The van der Waals surface area contributed by atoms with Crippen LogP contribution in [0.1, 0.15) is 24.3 Å². The Bertz CT molecular complexity index is 444. The monoisotopic (exact) mass is 237 g/mol. The molecule has 1 aromatic carbocycles. The maximum absolute atomic E-state index is 12.7. The van der Waals surface area contributed by atoms with Gasteiger partial charge in [0.25, 0.3) is 0 Å². The Balaban J connectivity index is 2.09. The third-order valence-corrected chi connectivity index (χ3v) is 3.00. The number of hydrogen-bond acceptors (Lipinski definition) is 2. The lowest BCUT2D eigenvalue weighted by Crippen LogP contribution is -2.41. The van der Waals surface area contributed by atoms with E-state index < -0.39 is 12.0 Å². The molecule has 1 aliphatic heterocycles. The number of piperidine rings is 1. The van der Waals surface area contributed by atoms with Crippen LogP contribution in [-0.4, -0.2) is 28.6 Å². The van der Waals surface area contributed by atoms with E-state index in [9.17, 15) is 14.0 Å². The topological polar surface area (TPSA) is 57.6 Å². The largest absolute Gasteiger partial charge is 0.465 e. The zero-order chi connectivity index (χ0) is 12.4. The van der Waals surface area contributed by atoms with Crippen molar-refractivity contribution in [1.29, 1.82) is 0 Å². The van der Waals surface area contributed by atoms with E-state index in [4.69, 9.17) is 5.11 Å². The number of rotatable bonds is 1. The molecule has 0 spiro atoms. The summed E-state index contributed by atoms with van der Waals surface area (Å²) in [5.74, 6) is -0.722. The van der Waals surface area contributed by atoms with Crippen LogP contribution in [0.4, 0.5) is 9.18 Å². The second kappa shape index (κ2) is 4.53. The van der Waals surface area contributed by atoms with Gasteiger partial charge in [-0.2, -0.15) is 0 Å². The lowest BCUT2D eigenvalue weighted by atomic mass is 9.89. The van der Waals surface area contributed by atoms with Crippen molar-refractivity contribution in [2.45, 2.75) is 18.8 Å². The van der Waals surface area contributed by atoms with Crippen LogP contribution in [0.2, 0.25) is 0 Å². The summed E-state index contributed by atoms with van der Waals surface area (Å²) < 4.78 is 12.7. The molecule has 90 valence electrons. The van der Waals surface area contributed by atoms with Gasteiger partial charge in [-0.05, 0) is 30.0 Å². The van der Waals surface area contributed by atoms with Crippen LogP contribution in [0.25, 0.3) is 0 Å². The average Bonchev–Trinajstić information content (AvgIpc) is 2.29. The van der Waals surface area contributed by atoms with E-state index in [-0.39, 0.29) is 24.7 Å². The molecule has 0 radical (unpaired) electrons. The first-order chi connectivity index (χ1) is 8.08. The number of benzene rings is 1. The number of hydrogen-bond donors (Lipinski definition) is 1. The Morgan fingerprint density at radius 3 is 2.53 bits per heavy atom. The zero-order valence-electron chi connectivity index (χ0n) is 9.10. The molecule has 1 fully saturated rings. The smallest absolute Gasteiger partial charge is 0.414 e. The summed E-state index contributed by atoms with van der Waals surface area (Å²) >= 11 is 0. The summed E-state index contributed by atoms with van der Waals surface area (Å²) in [7, 11) is 0. The van der Waals surface area contributed by atoms with E-state index in [1.807, 2.05) is 0 Å². The summed E-state index contributed by atoms with van der Waals surface area (Å²) in [5, 5.41) is 8.76. The second-order valence-corrected chi connectivity index (χ2v) is 4.07. The highest BCUT2D eigenvalue weighted by Gasteiger charge is 2.30. The van der Waals surface area contributed by atoms with E-state index in [0.717, 1.165) is 10.5 Å². The molecule has 5 heteroatoms. The average molecular weight is 237 g/mol. The minimum atomic E-state index is -1.20. The van der Waals surface area contributed by atoms with Crippen LogP contribution < -0.4 is 0 Å². The van der Waals surface area contributed by atoms with Gasteiger partial charge in [-0.25, -0.2) is 14.1 Å².